The molecule has 0 amide bonds. The minimum absolute atomic E-state index is 0.407. The maximum absolute atomic E-state index is 11.3. The molecule has 0 unspecified atom stereocenters. The third-order valence-corrected chi connectivity index (χ3v) is 3.12. The quantitative estimate of drug-likeness (QED) is 0.613. The maximum Gasteiger partial charge on any atom is 0.311 e. The molecule has 0 radical (unpaired) electrons. The van der Waals surface area contributed by atoms with Gasteiger partial charge in [0.25, 0.3) is 0 Å². The van der Waals surface area contributed by atoms with Gasteiger partial charge in [0.05, 0.1) is 11.8 Å². The lowest BCUT2D eigenvalue weighted by atomic mass is 9.68. The van der Waals surface area contributed by atoms with E-state index in [1.54, 1.807) is 0 Å². The molecule has 15 heavy (non-hydrogen) atoms. The molecule has 4 atom stereocenters. The first-order chi connectivity index (χ1) is 7.02. The van der Waals surface area contributed by atoms with Crippen LogP contribution in [0.4, 0.5) is 0 Å². The summed E-state index contributed by atoms with van der Waals surface area (Å²) in [5, 5.41) is 17.8. The normalized spacial score (nSPS) is 38.5. The van der Waals surface area contributed by atoms with E-state index in [4.69, 9.17) is 14.9 Å². The first-order valence-electron chi connectivity index (χ1n) is 4.68. The third-order valence-electron chi connectivity index (χ3n) is 3.12. The van der Waals surface area contributed by atoms with Gasteiger partial charge in [-0.05, 0) is 12.8 Å². The lowest BCUT2D eigenvalue weighted by Gasteiger charge is -2.42. The predicted octanol–water partition coefficient (Wildman–Crippen LogP) is -0.277. The summed E-state index contributed by atoms with van der Waals surface area (Å²) in [6.45, 7) is 0. The Morgan fingerprint density at radius 3 is 2.20 bits per heavy atom. The SMILES string of the molecule is O=C(O)[C@@H]1[C@H](C(=O)O)[C@@H]2CC[C@H]1C(=O)O2. The zero-order chi connectivity index (χ0) is 11.2. The number of rotatable bonds is 2. The molecule has 6 heteroatoms. The van der Waals surface area contributed by atoms with Gasteiger partial charge < -0.3 is 14.9 Å². The summed E-state index contributed by atoms with van der Waals surface area (Å²) in [6, 6.07) is 0. The van der Waals surface area contributed by atoms with Crippen molar-refractivity contribution in [3.63, 3.8) is 0 Å². The van der Waals surface area contributed by atoms with Crippen molar-refractivity contribution in [2.45, 2.75) is 18.9 Å². The van der Waals surface area contributed by atoms with Gasteiger partial charge in [0.15, 0.2) is 0 Å². The largest absolute Gasteiger partial charge is 0.481 e. The second-order valence-corrected chi connectivity index (χ2v) is 3.89. The van der Waals surface area contributed by atoms with E-state index in [0.717, 1.165) is 0 Å². The maximum atomic E-state index is 11.3. The van der Waals surface area contributed by atoms with Gasteiger partial charge in [-0.3, -0.25) is 14.4 Å². The van der Waals surface area contributed by atoms with Crippen LogP contribution in [0.3, 0.4) is 0 Å². The van der Waals surface area contributed by atoms with Gasteiger partial charge in [0.1, 0.15) is 12.0 Å². The Kier molecular flexibility index (Phi) is 2.13. The molecule has 6 nitrogen and oxygen atoms in total. The number of hydrogen-bond donors (Lipinski definition) is 2. The van der Waals surface area contributed by atoms with Gasteiger partial charge in [-0.15, -0.1) is 0 Å². The van der Waals surface area contributed by atoms with Crippen molar-refractivity contribution in [3.8, 4) is 0 Å². The Balaban J connectivity index is 2.35. The van der Waals surface area contributed by atoms with Crippen LogP contribution in [0.25, 0.3) is 0 Å². The molecule has 2 saturated heterocycles. The number of carboxylic acid groups (broad SMARTS) is 2. The molecule has 3 rings (SSSR count). The Hall–Kier alpha value is -1.59. The van der Waals surface area contributed by atoms with Crippen LogP contribution in [-0.2, 0) is 19.1 Å². The topological polar surface area (TPSA) is 101 Å². The van der Waals surface area contributed by atoms with Crippen molar-refractivity contribution in [3.05, 3.63) is 0 Å². The van der Waals surface area contributed by atoms with E-state index in [0.29, 0.717) is 12.8 Å². The summed E-state index contributed by atoms with van der Waals surface area (Å²) in [5.41, 5.74) is 0. The summed E-state index contributed by atoms with van der Waals surface area (Å²) in [4.78, 5) is 33.1. The smallest absolute Gasteiger partial charge is 0.311 e. The van der Waals surface area contributed by atoms with E-state index in [1.165, 1.54) is 0 Å². The van der Waals surface area contributed by atoms with Gasteiger partial charge in [-0.2, -0.15) is 0 Å². The molecule has 3 aliphatic rings. The first kappa shape index (κ1) is 9.95. The minimum atomic E-state index is -1.23. The van der Waals surface area contributed by atoms with Crippen molar-refractivity contribution in [1.82, 2.24) is 0 Å². The van der Waals surface area contributed by atoms with Crippen LogP contribution in [0, 0.1) is 17.8 Å². The van der Waals surface area contributed by atoms with Crippen molar-refractivity contribution in [2.75, 3.05) is 0 Å². The summed E-state index contributed by atoms with van der Waals surface area (Å²) < 4.78 is 4.86. The predicted molar refractivity (Wildman–Crippen MR) is 44.9 cm³/mol. The number of aliphatic carboxylic acids is 2. The fourth-order valence-corrected chi connectivity index (χ4v) is 2.46. The average molecular weight is 214 g/mol. The Morgan fingerprint density at radius 2 is 1.73 bits per heavy atom. The number of carbonyl (C=O) groups excluding carboxylic acids is 1. The molecule has 1 saturated carbocycles. The third kappa shape index (κ3) is 1.36. The van der Waals surface area contributed by atoms with Crippen LogP contribution < -0.4 is 0 Å². The second-order valence-electron chi connectivity index (χ2n) is 3.89. The van der Waals surface area contributed by atoms with E-state index < -0.39 is 41.8 Å². The monoisotopic (exact) mass is 214 g/mol. The summed E-state index contributed by atoms with van der Waals surface area (Å²) in [7, 11) is 0. The van der Waals surface area contributed by atoms with Crippen molar-refractivity contribution < 1.29 is 29.3 Å². The second kappa shape index (κ2) is 3.22. The number of carbonyl (C=O) groups is 3. The number of hydrogen-bond acceptors (Lipinski definition) is 4. The summed E-state index contributed by atoms with van der Waals surface area (Å²) >= 11 is 0. The Bertz CT molecular complexity index is 335. The molecule has 1 aliphatic carbocycles. The van der Waals surface area contributed by atoms with E-state index >= 15 is 0 Å². The van der Waals surface area contributed by atoms with Crippen LogP contribution in [0.15, 0.2) is 0 Å². The van der Waals surface area contributed by atoms with E-state index in [1.807, 2.05) is 0 Å². The molecule has 82 valence electrons. The van der Waals surface area contributed by atoms with Gasteiger partial charge in [0, 0.05) is 0 Å². The van der Waals surface area contributed by atoms with E-state index in [-0.39, 0.29) is 0 Å². The van der Waals surface area contributed by atoms with Crippen LogP contribution >= 0.6 is 0 Å². The van der Waals surface area contributed by atoms with Crippen LogP contribution in [-0.4, -0.2) is 34.2 Å². The molecular weight excluding hydrogens is 204 g/mol. The molecular formula is C9H10O6. The lowest BCUT2D eigenvalue weighted by Crippen LogP contribution is -2.55. The number of esters is 1. The highest BCUT2D eigenvalue weighted by Gasteiger charge is 2.56. The zero-order valence-corrected chi connectivity index (χ0v) is 7.75. The molecule has 2 heterocycles. The van der Waals surface area contributed by atoms with Crippen LogP contribution in [0.5, 0.6) is 0 Å². The zero-order valence-electron chi connectivity index (χ0n) is 7.75. The fourth-order valence-electron chi connectivity index (χ4n) is 2.46. The lowest BCUT2D eigenvalue weighted by molar-refractivity contribution is -0.197. The molecule has 0 aromatic carbocycles. The van der Waals surface area contributed by atoms with Gasteiger partial charge in [-0.1, -0.05) is 0 Å². The van der Waals surface area contributed by atoms with Crippen molar-refractivity contribution in [1.29, 1.82) is 0 Å². The van der Waals surface area contributed by atoms with Gasteiger partial charge in [0.2, 0.25) is 0 Å². The molecule has 3 fully saturated rings. The number of ether oxygens (including phenoxy) is 1. The minimum Gasteiger partial charge on any atom is -0.481 e. The van der Waals surface area contributed by atoms with E-state index in [9.17, 15) is 14.4 Å². The molecule has 2 N–H and O–H groups in total. The van der Waals surface area contributed by atoms with Crippen LogP contribution in [0.2, 0.25) is 0 Å². The molecule has 2 bridgehead atoms. The van der Waals surface area contributed by atoms with Gasteiger partial charge >= 0.3 is 17.9 Å². The summed E-state index contributed by atoms with van der Waals surface area (Å²) in [5.74, 6) is -6.04. The number of fused-ring (bicyclic) bond motifs is 3. The Labute approximate surface area is 84.8 Å². The fraction of sp³-hybridized carbons (Fsp3) is 0.667. The highest BCUT2D eigenvalue weighted by atomic mass is 16.6. The molecule has 2 aliphatic heterocycles. The average Bonchev–Trinajstić information content (AvgIpc) is 2.16. The molecule has 0 aromatic heterocycles. The number of carboxylic acids is 2. The summed E-state index contributed by atoms with van der Waals surface area (Å²) in [6.07, 6.45) is 0.0719. The standard InChI is InChI=1S/C9H10O6/c10-7(11)5-3-1-2-4(15-9(3)14)6(5)8(12)13/h3-6H,1-2H2,(H,10,11)(H,12,13)/t3-,4+,5+,6-/m1/s1. The van der Waals surface area contributed by atoms with Crippen molar-refractivity contribution >= 4 is 17.9 Å². The highest BCUT2D eigenvalue weighted by Crippen LogP contribution is 2.42. The van der Waals surface area contributed by atoms with Gasteiger partial charge in [-0.25, -0.2) is 0 Å². The highest BCUT2D eigenvalue weighted by molar-refractivity contribution is 5.88. The Morgan fingerprint density at radius 1 is 1.13 bits per heavy atom. The van der Waals surface area contributed by atoms with Crippen LogP contribution in [0.1, 0.15) is 12.8 Å². The van der Waals surface area contributed by atoms with Crippen molar-refractivity contribution in [2.24, 2.45) is 17.8 Å². The first-order valence-corrected chi connectivity index (χ1v) is 4.68. The van der Waals surface area contributed by atoms with E-state index in [2.05, 4.69) is 0 Å². The molecule has 0 aromatic rings. The molecule has 0 spiro atoms.